The number of fused-ring (bicyclic) bond motifs is 1. The predicted molar refractivity (Wildman–Crippen MR) is 164 cm³/mol. The second kappa shape index (κ2) is 11.0. The Morgan fingerprint density at radius 2 is 1.69 bits per heavy atom. The van der Waals surface area contributed by atoms with Crippen LogP contribution >= 0.6 is 0 Å². The molecule has 39 heavy (non-hydrogen) atoms. The second-order valence-corrected chi connectivity index (χ2v) is 10.8. The topological polar surface area (TPSA) is 56.8 Å². The quantitative estimate of drug-likeness (QED) is 0.277. The van der Waals surface area contributed by atoms with Gasteiger partial charge in [0.2, 0.25) is 5.95 Å². The maximum Gasteiger partial charge on any atom is 0.228 e. The first-order chi connectivity index (χ1) is 18.8. The highest BCUT2D eigenvalue weighted by Gasteiger charge is 2.35. The lowest BCUT2D eigenvalue weighted by Crippen LogP contribution is -2.60. The molecule has 3 aromatic carbocycles. The molecule has 1 aromatic heterocycles. The van der Waals surface area contributed by atoms with Gasteiger partial charge in [-0.2, -0.15) is 4.98 Å². The van der Waals surface area contributed by atoms with Crippen molar-refractivity contribution in [3.63, 3.8) is 0 Å². The number of ether oxygens (including phenoxy) is 1. The third kappa shape index (κ3) is 5.44. The van der Waals surface area contributed by atoms with Gasteiger partial charge in [0.05, 0.1) is 18.2 Å². The number of nitrogens with zero attached hydrogens (tertiary/aromatic N) is 5. The molecule has 0 atom stereocenters. The molecule has 5 rings (SSSR count). The predicted octanol–water partition coefficient (Wildman–Crippen LogP) is 6.64. The van der Waals surface area contributed by atoms with Crippen LogP contribution in [-0.4, -0.2) is 55.3 Å². The van der Waals surface area contributed by atoms with Gasteiger partial charge in [-0.25, -0.2) is 4.98 Å². The van der Waals surface area contributed by atoms with Crippen LogP contribution in [0, 0.1) is 6.92 Å². The van der Waals surface area contributed by atoms with Crippen LogP contribution in [-0.2, 0) is 0 Å². The smallest absolute Gasteiger partial charge is 0.228 e. The number of rotatable bonds is 8. The number of anilines is 5. The van der Waals surface area contributed by atoms with Crippen molar-refractivity contribution in [2.75, 3.05) is 59.9 Å². The lowest BCUT2D eigenvalue weighted by atomic mass is 9.98. The van der Waals surface area contributed by atoms with Gasteiger partial charge in [-0.05, 0) is 94.8 Å². The molecule has 0 bridgehead atoms. The fourth-order valence-electron chi connectivity index (χ4n) is 5.57. The molecule has 7 heteroatoms. The van der Waals surface area contributed by atoms with E-state index in [0.29, 0.717) is 0 Å². The molecule has 0 unspecified atom stereocenters. The first-order valence-electron chi connectivity index (χ1n) is 13.9. The number of methoxy groups -OCH3 is 1. The number of aryl methyl sites for hydroxylation is 1. The summed E-state index contributed by atoms with van der Waals surface area (Å²) in [6, 6.07) is 23.2. The van der Waals surface area contributed by atoms with Crippen LogP contribution in [0.4, 0.5) is 28.8 Å². The number of hydrogen-bond donors (Lipinski definition) is 1. The largest absolute Gasteiger partial charge is 0.497 e. The van der Waals surface area contributed by atoms with Crippen molar-refractivity contribution >= 4 is 39.7 Å². The summed E-state index contributed by atoms with van der Waals surface area (Å²) in [4.78, 5) is 17.2. The number of piperazine rings is 1. The molecule has 0 aliphatic carbocycles. The van der Waals surface area contributed by atoms with E-state index in [1.54, 1.807) is 7.11 Å². The normalized spacial score (nSPS) is 14.9. The minimum Gasteiger partial charge on any atom is -0.497 e. The maximum absolute atomic E-state index is 5.35. The molecule has 4 aromatic rings. The SMILES string of the molecule is CCN(CC)c1ccc(Nc2nc(N3CCN(c4ccc(OC)cc4)C(C)(C)C3)nc3ccccc23)c(C)c1. The van der Waals surface area contributed by atoms with E-state index in [-0.39, 0.29) is 5.54 Å². The Hall–Kier alpha value is -4.00. The van der Waals surface area contributed by atoms with E-state index in [1.807, 2.05) is 24.3 Å². The molecular weight excluding hydrogens is 484 g/mol. The summed E-state index contributed by atoms with van der Waals surface area (Å²) in [6.07, 6.45) is 0. The lowest BCUT2D eigenvalue weighted by molar-refractivity contribution is 0.408. The summed E-state index contributed by atoms with van der Waals surface area (Å²) in [5, 5.41) is 4.66. The molecule has 1 fully saturated rings. The van der Waals surface area contributed by atoms with Gasteiger partial charge in [-0.1, -0.05) is 12.1 Å². The summed E-state index contributed by atoms with van der Waals surface area (Å²) in [6.45, 7) is 15.6. The standard InChI is InChI=1S/C32H40N6O/c1-7-36(8-2)25-15-18-28(23(3)21-25)33-30-27-11-9-10-12-29(27)34-31(35-30)37-19-20-38(32(4,5)22-37)24-13-16-26(39-6)17-14-24/h9-18,21H,7-8,19-20,22H2,1-6H3,(H,33,34,35). The summed E-state index contributed by atoms with van der Waals surface area (Å²) in [5.74, 6) is 2.47. The molecule has 1 aliphatic heterocycles. The third-order valence-corrected chi connectivity index (χ3v) is 7.75. The fourth-order valence-corrected chi connectivity index (χ4v) is 5.57. The van der Waals surface area contributed by atoms with Gasteiger partial charge in [0.15, 0.2) is 0 Å². The Balaban J connectivity index is 1.43. The summed E-state index contributed by atoms with van der Waals surface area (Å²) >= 11 is 0. The van der Waals surface area contributed by atoms with Crippen LogP contribution in [0.5, 0.6) is 5.75 Å². The Bertz CT molecular complexity index is 1430. The molecule has 2 heterocycles. The average Bonchev–Trinajstić information content (AvgIpc) is 2.94. The Morgan fingerprint density at radius 1 is 0.949 bits per heavy atom. The number of aromatic nitrogens is 2. The van der Waals surface area contributed by atoms with E-state index in [2.05, 4.69) is 97.1 Å². The number of nitrogens with one attached hydrogen (secondary N) is 1. The van der Waals surface area contributed by atoms with Crippen LogP contribution in [0.3, 0.4) is 0 Å². The number of benzene rings is 3. The highest BCUT2D eigenvalue weighted by atomic mass is 16.5. The van der Waals surface area contributed by atoms with Crippen molar-refractivity contribution < 1.29 is 4.74 Å². The molecule has 1 saturated heterocycles. The molecule has 0 amide bonds. The fraction of sp³-hybridized carbons (Fsp3) is 0.375. The average molecular weight is 525 g/mol. The summed E-state index contributed by atoms with van der Waals surface area (Å²) in [5.41, 5.74) is 5.53. The Kier molecular flexibility index (Phi) is 7.51. The highest BCUT2D eigenvalue weighted by Crippen LogP contribution is 2.33. The molecule has 0 radical (unpaired) electrons. The zero-order chi connectivity index (χ0) is 27.6. The van der Waals surface area contributed by atoms with Crippen LogP contribution in [0.1, 0.15) is 33.3 Å². The molecule has 204 valence electrons. The van der Waals surface area contributed by atoms with Crippen LogP contribution in [0.2, 0.25) is 0 Å². The van der Waals surface area contributed by atoms with Crippen molar-refractivity contribution in [1.82, 2.24) is 9.97 Å². The van der Waals surface area contributed by atoms with Crippen molar-refractivity contribution in [2.24, 2.45) is 0 Å². The van der Waals surface area contributed by atoms with Crippen molar-refractivity contribution in [3.8, 4) is 5.75 Å². The lowest BCUT2D eigenvalue weighted by Gasteiger charge is -2.48. The van der Waals surface area contributed by atoms with E-state index in [4.69, 9.17) is 14.7 Å². The van der Waals surface area contributed by atoms with E-state index >= 15 is 0 Å². The van der Waals surface area contributed by atoms with Gasteiger partial charge in [0.1, 0.15) is 11.6 Å². The summed E-state index contributed by atoms with van der Waals surface area (Å²) in [7, 11) is 1.70. The zero-order valence-electron chi connectivity index (χ0n) is 24.0. The van der Waals surface area contributed by atoms with E-state index in [0.717, 1.165) is 66.8 Å². The first kappa shape index (κ1) is 26.6. The van der Waals surface area contributed by atoms with Crippen LogP contribution in [0.25, 0.3) is 10.9 Å². The highest BCUT2D eigenvalue weighted by molar-refractivity contribution is 5.92. The van der Waals surface area contributed by atoms with Gasteiger partial charge in [-0.3, -0.25) is 0 Å². The summed E-state index contributed by atoms with van der Waals surface area (Å²) < 4.78 is 5.35. The van der Waals surface area contributed by atoms with Crippen molar-refractivity contribution in [3.05, 3.63) is 72.3 Å². The molecule has 0 saturated carbocycles. The molecule has 0 spiro atoms. The minimum absolute atomic E-state index is 0.105. The number of para-hydroxylation sites is 1. The van der Waals surface area contributed by atoms with E-state index < -0.39 is 0 Å². The Morgan fingerprint density at radius 3 is 2.36 bits per heavy atom. The van der Waals surface area contributed by atoms with E-state index in [9.17, 15) is 0 Å². The third-order valence-electron chi connectivity index (χ3n) is 7.75. The molecule has 1 aliphatic rings. The molecule has 7 nitrogen and oxygen atoms in total. The van der Waals surface area contributed by atoms with Gasteiger partial charge >= 0.3 is 0 Å². The van der Waals surface area contributed by atoms with Crippen LogP contribution in [0.15, 0.2) is 66.7 Å². The number of hydrogen-bond acceptors (Lipinski definition) is 7. The van der Waals surface area contributed by atoms with Gasteiger partial charge in [0, 0.05) is 55.2 Å². The van der Waals surface area contributed by atoms with Gasteiger partial charge < -0.3 is 24.8 Å². The van der Waals surface area contributed by atoms with Gasteiger partial charge in [0.25, 0.3) is 0 Å². The molecular formula is C32H40N6O. The Labute approximate surface area is 232 Å². The van der Waals surface area contributed by atoms with E-state index in [1.165, 1.54) is 16.9 Å². The first-order valence-corrected chi connectivity index (χ1v) is 13.9. The monoisotopic (exact) mass is 524 g/mol. The van der Waals surface area contributed by atoms with Crippen molar-refractivity contribution in [2.45, 2.75) is 40.2 Å². The zero-order valence-corrected chi connectivity index (χ0v) is 24.0. The maximum atomic E-state index is 5.35. The second-order valence-electron chi connectivity index (χ2n) is 10.8. The van der Waals surface area contributed by atoms with Crippen LogP contribution < -0.4 is 24.8 Å². The van der Waals surface area contributed by atoms with Gasteiger partial charge in [-0.15, -0.1) is 0 Å². The van der Waals surface area contributed by atoms with Crippen molar-refractivity contribution in [1.29, 1.82) is 0 Å². The minimum atomic E-state index is -0.105. The molecule has 1 N–H and O–H groups in total.